The summed E-state index contributed by atoms with van der Waals surface area (Å²) in [6.07, 6.45) is -2.84. The molecule has 0 heterocycles. The molecule has 6 nitrogen and oxygen atoms in total. The van der Waals surface area contributed by atoms with E-state index in [9.17, 15) is 31.9 Å². The Morgan fingerprint density at radius 3 is 1.71 bits per heavy atom. The van der Waals surface area contributed by atoms with E-state index in [1.165, 1.54) is 0 Å². The van der Waals surface area contributed by atoms with Gasteiger partial charge >= 0.3 is 17.9 Å². The number of carbonyl (C=O) groups excluding carboxylic acids is 3. The summed E-state index contributed by atoms with van der Waals surface area (Å²) in [5.74, 6) is -9.29. The Bertz CT molecular complexity index is 529. The molecule has 0 atom stereocenters. The Morgan fingerprint density at radius 2 is 1.25 bits per heavy atom. The maximum absolute atomic E-state index is 13.2. The maximum Gasteiger partial charge on any atom is 0.311 e. The predicted octanol–water partition coefficient (Wildman–Crippen LogP) is 3.90. The minimum Gasteiger partial charge on any atom is -0.465 e. The van der Waals surface area contributed by atoms with Gasteiger partial charge in [-0.3, -0.25) is 14.4 Å². The fourth-order valence-electron chi connectivity index (χ4n) is 1.83. The lowest BCUT2D eigenvalue weighted by Crippen LogP contribution is -2.28. The first-order valence-corrected chi connectivity index (χ1v) is 8.93. The summed E-state index contributed by atoms with van der Waals surface area (Å²) in [7, 11) is 0. The van der Waals surface area contributed by atoms with E-state index in [1.807, 2.05) is 6.92 Å². The van der Waals surface area contributed by atoms with E-state index in [2.05, 4.69) is 4.74 Å². The van der Waals surface area contributed by atoms with Crippen molar-refractivity contribution in [3.63, 3.8) is 0 Å². The molecule has 0 saturated heterocycles. The number of carbonyl (C=O) groups is 3. The molecule has 0 rings (SSSR count). The third kappa shape index (κ3) is 12.5. The molecule has 164 valence electrons. The first-order chi connectivity index (χ1) is 12.7. The molecule has 0 fully saturated rings. The monoisotopic (exact) mass is 416 g/mol. The van der Waals surface area contributed by atoms with Crippen molar-refractivity contribution in [1.82, 2.24) is 0 Å². The van der Waals surface area contributed by atoms with Crippen molar-refractivity contribution in [3.8, 4) is 0 Å². The van der Waals surface area contributed by atoms with Gasteiger partial charge in [-0.15, -0.1) is 0 Å². The lowest BCUT2D eigenvalue weighted by atomic mass is 9.91. The average molecular weight is 416 g/mol. The molecular weight excluding hydrogens is 388 g/mol. The standard InChI is InChI=1S/C18H28F4O6/c1-5-16(2,3)15(25)28-11-10-27-14(24)7-6-13(23)26-9-8-18(21,22)12-17(4,19)20/h5-12H2,1-4H3. The first-order valence-electron chi connectivity index (χ1n) is 8.93. The number of ether oxygens (including phenoxy) is 3. The molecule has 10 heteroatoms. The van der Waals surface area contributed by atoms with Crippen LogP contribution in [0.5, 0.6) is 0 Å². The summed E-state index contributed by atoms with van der Waals surface area (Å²) in [5.41, 5.74) is -0.641. The van der Waals surface area contributed by atoms with Crippen LogP contribution in [0.15, 0.2) is 0 Å². The van der Waals surface area contributed by atoms with Gasteiger partial charge in [0.25, 0.3) is 11.8 Å². The van der Waals surface area contributed by atoms with E-state index in [0.717, 1.165) is 0 Å². The van der Waals surface area contributed by atoms with E-state index in [1.54, 1.807) is 13.8 Å². The zero-order valence-corrected chi connectivity index (χ0v) is 16.6. The minimum atomic E-state index is -3.67. The molecule has 0 N–H and O–H groups in total. The van der Waals surface area contributed by atoms with Gasteiger partial charge in [-0.1, -0.05) is 6.92 Å². The molecule has 0 bridgehead atoms. The predicted molar refractivity (Wildman–Crippen MR) is 91.0 cm³/mol. The fraction of sp³-hybridized carbons (Fsp3) is 0.833. The Kier molecular flexibility index (Phi) is 10.5. The summed E-state index contributed by atoms with van der Waals surface area (Å²) in [4.78, 5) is 34.5. The van der Waals surface area contributed by atoms with Gasteiger partial charge in [0, 0.05) is 6.42 Å². The van der Waals surface area contributed by atoms with Crippen LogP contribution in [0.1, 0.15) is 59.8 Å². The van der Waals surface area contributed by atoms with Crippen molar-refractivity contribution in [2.75, 3.05) is 19.8 Å². The molecule has 0 spiro atoms. The molecule has 28 heavy (non-hydrogen) atoms. The van der Waals surface area contributed by atoms with Crippen molar-refractivity contribution in [2.24, 2.45) is 5.41 Å². The van der Waals surface area contributed by atoms with Crippen LogP contribution in [0, 0.1) is 5.41 Å². The molecule has 0 unspecified atom stereocenters. The number of rotatable bonds is 13. The zero-order valence-electron chi connectivity index (χ0n) is 16.6. The van der Waals surface area contributed by atoms with Crippen LogP contribution in [0.4, 0.5) is 17.6 Å². The molecule has 0 aliphatic carbocycles. The van der Waals surface area contributed by atoms with E-state index in [0.29, 0.717) is 13.3 Å². The Morgan fingerprint density at radius 1 is 0.786 bits per heavy atom. The highest BCUT2D eigenvalue weighted by atomic mass is 19.3. The number of halogens is 4. The number of hydrogen-bond acceptors (Lipinski definition) is 6. The van der Waals surface area contributed by atoms with Gasteiger partial charge in [0.15, 0.2) is 0 Å². The largest absolute Gasteiger partial charge is 0.465 e. The van der Waals surface area contributed by atoms with Crippen LogP contribution in [0.3, 0.4) is 0 Å². The number of alkyl halides is 4. The number of hydrogen-bond donors (Lipinski definition) is 0. The molecule has 0 aliphatic heterocycles. The SMILES string of the molecule is CCC(C)(C)C(=O)OCCOC(=O)CCC(=O)OCCC(F)(F)CC(C)(F)F. The highest BCUT2D eigenvalue weighted by Crippen LogP contribution is 2.32. The Labute approximate surface area is 161 Å². The molecular formula is C18H28F4O6. The van der Waals surface area contributed by atoms with Gasteiger partial charge in [-0.05, 0) is 27.2 Å². The van der Waals surface area contributed by atoms with Gasteiger partial charge in [0.1, 0.15) is 13.2 Å². The highest BCUT2D eigenvalue weighted by molar-refractivity contribution is 5.77. The van der Waals surface area contributed by atoms with Crippen LogP contribution in [-0.2, 0) is 28.6 Å². The second-order valence-electron chi connectivity index (χ2n) is 7.17. The molecule has 0 saturated carbocycles. The van der Waals surface area contributed by atoms with Crippen LogP contribution in [0.25, 0.3) is 0 Å². The van der Waals surface area contributed by atoms with E-state index >= 15 is 0 Å². The Balaban J connectivity index is 3.93. The van der Waals surface area contributed by atoms with Crippen molar-refractivity contribution >= 4 is 17.9 Å². The van der Waals surface area contributed by atoms with Crippen LogP contribution >= 0.6 is 0 Å². The molecule has 0 aromatic heterocycles. The highest BCUT2D eigenvalue weighted by Gasteiger charge is 2.39. The molecule has 0 amide bonds. The van der Waals surface area contributed by atoms with E-state index < -0.39 is 61.0 Å². The van der Waals surface area contributed by atoms with Gasteiger partial charge in [0.2, 0.25) is 0 Å². The summed E-state index contributed by atoms with van der Waals surface area (Å²) < 4.78 is 65.9. The summed E-state index contributed by atoms with van der Waals surface area (Å²) in [6, 6.07) is 0. The average Bonchev–Trinajstić information content (AvgIpc) is 2.54. The molecule has 0 aromatic rings. The van der Waals surface area contributed by atoms with E-state index in [-0.39, 0.29) is 19.6 Å². The van der Waals surface area contributed by atoms with Crippen LogP contribution in [0.2, 0.25) is 0 Å². The van der Waals surface area contributed by atoms with Gasteiger partial charge in [0.05, 0.1) is 31.3 Å². The maximum atomic E-state index is 13.2. The normalized spacial score (nSPS) is 12.4. The third-order valence-electron chi connectivity index (χ3n) is 3.85. The van der Waals surface area contributed by atoms with Gasteiger partial charge in [-0.25, -0.2) is 17.6 Å². The van der Waals surface area contributed by atoms with Crippen LogP contribution < -0.4 is 0 Å². The molecule has 0 aromatic carbocycles. The lowest BCUT2D eigenvalue weighted by molar-refractivity contribution is -0.159. The van der Waals surface area contributed by atoms with Crippen LogP contribution in [-0.4, -0.2) is 49.6 Å². The van der Waals surface area contributed by atoms with Gasteiger partial charge < -0.3 is 14.2 Å². The van der Waals surface area contributed by atoms with Gasteiger partial charge in [-0.2, -0.15) is 0 Å². The molecule has 0 radical (unpaired) electrons. The minimum absolute atomic E-state index is 0.129. The topological polar surface area (TPSA) is 78.9 Å². The van der Waals surface area contributed by atoms with Crippen molar-refractivity contribution < 1.29 is 46.2 Å². The summed E-state index contributed by atoms with van der Waals surface area (Å²) in [5, 5.41) is 0. The summed E-state index contributed by atoms with van der Waals surface area (Å²) >= 11 is 0. The van der Waals surface area contributed by atoms with Crippen molar-refractivity contribution in [2.45, 2.75) is 71.6 Å². The lowest BCUT2D eigenvalue weighted by Gasteiger charge is -2.20. The molecule has 0 aliphatic rings. The van der Waals surface area contributed by atoms with E-state index in [4.69, 9.17) is 9.47 Å². The Hall–Kier alpha value is -1.87. The second-order valence-corrected chi connectivity index (χ2v) is 7.17. The smallest absolute Gasteiger partial charge is 0.311 e. The quantitative estimate of drug-likeness (QED) is 0.196. The van der Waals surface area contributed by atoms with Crippen molar-refractivity contribution in [1.29, 1.82) is 0 Å². The summed E-state index contributed by atoms with van der Waals surface area (Å²) in [6.45, 7) is 4.60. The first kappa shape index (κ1) is 26.1. The fourth-order valence-corrected chi connectivity index (χ4v) is 1.83. The van der Waals surface area contributed by atoms with Crippen molar-refractivity contribution in [3.05, 3.63) is 0 Å². The second kappa shape index (κ2) is 11.2. The number of esters is 3. The zero-order chi connectivity index (χ0) is 22.0. The third-order valence-corrected chi connectivity index (χ3v) is 3.85.